The summed E-state index contributed by atoms with van der Waals surface area (Å²) >= 11 is 0. The van der Waals surface area contributed by atoms with Gasteiger partial charge in [0.2, 0.25) is 0 Å². The quantitative estimate of drug-likeness (QED) is 0.764. The Labute approximate surface area is 79.2 Å². The largest absolute Gasteiger partial charge is 0.321 e. The molecule has 74 valence electrons. The van der Waals surface area contributed by atoms with Crippen LogP contribution in [-0.4, -0.2) is 14.8 Å². The van der Waals surface area contributed by atoms with Gasteiger partial charge in [-0.1, -0.05) is 19.8 Å². The van der Waals surface area contributed by atoms with Gasteiger partial charge in [0.15, 0.2) is 0 Å². The molecule has 0 bridgehead atoms. The van der Waals surface area contributed by atoms with Crippen LogP contribution < -0.4 is 5.73 Å². The van der Waals surface area contributed by atoms with Gasteiger partial charge >= 0.3 is 0 Å². The van der Waals surface area contributed by atoms with E-state index in [1.54, 1.807) is 0 Å². The summed E-state index contributed by atoms with van der Waals surface area (Å²) in [5.74, 6) is 1.81. The van der Waals surface area contributed by atoms with E-state index in [0.29, 0.717) is 0 Å². The van der Waals surface area contributed by atoms with E-state index in [0.717, 1.165) is 24.5 Å². The van der Waals surface area contributed by atoms with Crippen LogP contribution >= 0.6 is 0 Å². The van der Waals surface area contributed by atoms with Crippen LogP contribution in [0.5, 0.6) is 0 Å². The van der Waals surface area contributed by atoms with Crippen molar-refractivity contribution in [1.82, 2.24) is 14.8 Å². The van der Waals surface area contributed by atoms with Gasteiger partial charge in [0.1, 0.15) is 11.6 Å². The van der Waals surface area contributed by atoms with Crippen LogP contribution in [0.3, 0.4) is 0 Å². The maximum atomic E-state index is 5.97. The maximum absolute atomic E-state index is 5.97. The van der Waals surface area contributed by atoms with Gasteiger partial charge in [-0.25, -0.2) is 0 Å². The molecule has 2 N–H and O–H groups in total. The van der Waals surface area contributed by atoms with E-state index in [2.05, 4.69) is 17.1 Å². The molecule has 0 radical (unpaired) electrons. The summed E-state index contributed by atoms with van der Waals surface area (Å²) in [5.41, 5.74) is 5.97. The summed E-state index contributed by atoms with van der Waals surface area (Å²) in [6, 6.07) is 0.0335. The second-order valence-corrected chi connectivity index (χ2v) is 3.41. The summed E-state index contributed by atoms with van der Waals surface area (Å²) in [6.07, 6.45) is 3.31. The van der Waals surface area contributed by atoms with E-state index in [1.807, 2.05) is 18.5 Å². The van der Waals surface area contributed by atoms with Gasteiger partial charge in [0, 0.05) is 7.05 Å². The normalized spacial score (nSPS) is 13.2. The molecule has 1 aromatic heterocycles. The van der Waals surface area contributed by atoms with Crippen LogP contribution in [0.2, 0.25) is 0 Å². The number of hydrogen-bond acceptors (Lipinski definition) is 3. The Morgan fingerprint density at radius 2 is 2.15 bits per heavy atom. The zero-order chi connectivity index (χ0) is 9.84. The standard InChI is InChI=1S/C9H18N4/c1-4-5-6-8(10)9-12-11-7(2)13(9)3/h8H,4-6,10H2,1-3H3. The Kier molecular flexibility index (Phi) is 3.42. The smallest absolute Gasteiger partial charge is 0.149 e. The van der Waals surface area contributed by atoms with Gasteiger partial charge in [-0.2, -0.15) is 0 Å². The molecule has 4 nitrogen and oxygen atoms in total. The molecule has 1 unspecified atom stereocenters. The molecular weight excluding hydrogens is 164 g/mol. The molecular formula is C9H18N4. The Hall–Kier alpha value is -0.900. The summed E-state index contributed by atoms with van der Waals surface area (Å²) in [7, 11) is 1.95. The molecule has 1 aromatic rings. The Morgan fingerprint density at radius 1 is 1.46 bits per heavy atom. The third-order valence-corrected chi connectivity index (χ3v) is 2.33. The van der Waals surface area contributed by atoms with E-state index < -0.39 is 0 Å². The molecule has 0 aliphatic heterocycles. The summed E-state index contributed by atoms with van der Waals surface area (Å²) in [5, 5.41) is 8.03. The van der Waals surface area contributed by atoms with Crippen molar-refractivity contribution < 1.29 is 0 Å². The van der Waals surface area contributed by atoms with Crippen LogP contribution in [0.15, 0.2) is 0 Å². The van der Waals surface area contributed by atoms with Crippen molar-refractivity contribution in [2.24, 2.45) is 12.8 Å². The minimum atomic E-state index is 0.0335. The second-order valence-electron chi connectivity index (χ2n) is 3.41. The maximum Gasteiger partial charge on any atom is 0.149 e. The third-order valence-electron chi connectivity index (χ3n) is 2.33. The first-order valence-corrected chi connectivity index (χ1v) is 4.78. The molecule has 13 heavy (non-hydrogen) atoms. The topological polar surface area (TPSA) is 56.7 Å². The number of hydrogen-bond donors (Lipinski definition) is 1. The number of rotatable bonds is 4. The molecule has 4 heteroatoms. The number of unbranched alkanes of at least 4 members (excludes halogenated alkanes) is 1. The number of nitrogens with zero attached hydrogens (tertiary/aromatic N) is 3. The van der Waals surface area contributed by atoms with Crippen molar-refractivity contribution in [3.05, 3.63) is 11.6 Å². The minimum absolute atomic E-state index is 0.0335. The lowest BCUT2D eigenvalue weighted by molar-refractivity contribution is 0.554. The summed E-state index contributed by atoms with van der Waals surface area (Å²) in [6.45, 7) is 4.09. The predicted molar refractivity (Wildman–Crippen MR) is 52.2 cm³/mol. The van der Waals surface area contributed by atoms with E-state index in [-0.39, 0.29) is 6.04 Å². The van der Waals surface area contributed by atoms with Gasteiger partial charge in [0.25, 0.3) is 0 Å². The number of aryl methyl sites for hydroxylation is 1. The van der Waals surface area contributed by atoms with Gasteiger partial charge in [-0.05, 0) is 13.3 Å². The van der Waals surface area contributed by atoms with E-state index in [9.17, 15) is 0 Å². The van der Waals surface area contributed by atoms with Gasteiger partial charge < -0.3 is 10.3 Å². The number of aromatic nitrogens is 3. The van der Waals surface area contributed by atoms with Gasteiger partial charge in [-0.3, -0.25) is 0 Å². The highest BCUT2D eigenvalue weighted by Crippen LogP contribution is 2.14. The molecule has 0 amide bonds. The first kappa shape index (κ1) is 10.2. The predicted octanol–water partition coefficient (Wildman–Crippen LogP) is 1.31. The lowest BCUT2D eigenvalue weighted by Crippen LogP contribution is -2.15. The zero-order valence-corrected chi connectivity index (χ0v) is 8.62. The second kappa shape index (κ2) is 4.37. The van der Waals surface area contributed by atoms with Crippen LogP contribution in [0, 0.1) is 6.92 Å². The third kappa shape index (κ3) is 2.28. The Morgan fingerprint density at radius 3 is 2.62 bits per heavy atom. The fourth-order valence-corrected chi connectivity index (χ4v) is 1.30. The molecule has 1 heterocycles. The summed E-state index contributed by atoms with van der Waals surface area (Å²) < 4.78 is 1.96. The van der Waals surface area contributed by atoms with Crippen molar-refractivity contribution in [1.29, 1.82) is 0 Å². The lowest BCUT2D eigenvalue weighted by atomic mass is 10.1. The molecule has 0 aliphatic carbocycles. The van der Waals surface area contributed by atoms with Crippen molar-refractivity contribution in [3.63, 3.8) is 0 Å². The van der Waals surface area contributed by atoms with Crippen LogP contribution in [0.1, 0.15) is 43.9 Å². The van der Waals surface area contributed by atoms with Crippen molar-refractivity contribution in [2.75, 3.05) is 0 Å². The highest BCUT2D eigenvalue weighted by Gasteiger charge is 2.12. The molecule has 0 aliphatic rings. The highest BCUT2D eigenvalue weighted by atomic mass is 15.3. The first-order chi connectivity index (χ1) is 6.16. The van der Waals surface area contributed by atoms with Crippen LogP contribution in [0.25, 0.3) is 0 Å². The molecule has 0 spiro atoms. The number of nitrogens with two attached hydrogens (primary N) is 1. The van der Waals surface area contributed by atoms with Crippen molar-refractivity contribution in [2.45, 2.75) is 39.2 Å². The Bertz CT molecular complexity index is 267. The van der Waals surface area contributed by atoms with Gasteiger partial charge in [-0.15, -0.1) is 10.2 Å². The zero-order valence-electron chi connectivity index (χ0n) is 8.62. The molecule has 0 saturated heterocycles. The average Bonchev–Trinajstić information content (AvgIpc) is 2.44. The fourth-order valence-electron chi connectivity index (χ4n) is 1.30. The minimum Gasteiger partial charge on any atom is -0.321 e. The van der Waals surface area contributed by atoms with Crippen LogP contribution in [-0.2, 0) is 7.05 Å². The fraction of sp³-hybridized carbons (Fsp3) is 0.778. The first-order valence-electron chi connectivity index (χ1n) is 4.78. The highest BCUT2D eigenvalue weighted by molar-refractivity contribution is 4.97. The molecule has 1 rings (SSSR count). The van der Waals surface area contributed by atoms with Gasteiger partial charge in [0.05, 0.1) is 6.04 Å². The molecule has 0 saturated carbocycles. The van der Waals surface area contributed by atoms with E-state index >= 15 is 0 Å². The molecule has 1 atom stereocenters. The summed E-state index contributed by atoms with van der Waals surface area (Å²) in [4.78, 5) is 0. The van der Waals surface area contributed by atoms with Crippen molar-refractivity contribution in [3.8, 4) is 0 Å². The van der Waals surface area contributed by atoms with Crippen LogP contribution in [0.4, 0.5) is 0 Å². The lowest BCUT2D eigenvalue weighted by Gasteiger charge is -2.09. The molecule has 0 aromatic carbocycles. The Balaban J connectivity index is 2.65. The average molecular weight is 182 g/mol. The monoisotopic (exact) mass is 182 g/mol. The van der Waals surface area contributed by atoms with E-state index in [4.69, 9.17) is 5.73 Å². The molecule has 0 fully saturated rings. The SMILES string of the molecule is CCCCC(N)c1nnc(C)n1C. The van der Waals surface area contributed by atoms with Crippen molar-refractivity contribution >= 4 is 0 Å². The van der Waals surface area contributed by atoms with E-state index in [1.165, 1.54) is 6.42 Å².